The van der Waals surface area contributed by atoms with Gasteiger partial charge in [0.05, 0.1) is 17.2 Å². The summed E-state index contributed by atoms with van der Waals surface area (Å²) >= 11 is 1.71. The number of piperidine rings is 1. The van der Waals surface area contributed by atoms with Crippen LogP contribution in [-0.2, 0) is 0 Å². The van der Waals surface area contributed by atoms with Crippen LogP contribution in [0.4, 0.5) is 0 Å². The number of nitrogens with zero attached hydrogens (tertiary/aromatic N) is 2. The Morgan fingerprint density at radius 3 is 2.65 bits per heavy atom. The molecule has 7 heteroatoms. The van der Waals surface area contributed by atoms with Crippen LogP contribution in [0.15, 0.2) is 48.4 Å². The van der Waals surface area contributed by atoms with Crippen LogP contribution in [0.25, 0.3) is 0 Å². The van der Waals surface area contributed by atoms with E-state index in [9.17, 15) is 14.4 Å². The predicted octanol–water partition coefficient (Wildman–Crippen LogP) is 3.73. The molecule has 0 spiro atoms. The maximum atomic E-state index is 12.9. The third-order valence-electron chi connectivity index (χ3n) is 6.13. The average molecular weight is 438 g/mol. The van der Waals surface area contributed by atoms with Gasteiger partial charge in [0.15, 0.2) is 0 Å². The number of imide groups is 1. The van der Waals surface area contributed by atoms with Crippen LogP contribution in [0.1, 0.15) is 61.8 Å². The number of carbonyl (C=O) groups is 3. The number of fused-ring (bicyclic) bond motifs is 1. The highest BCUT2D eigenvalue weighted by atomic mass is 32.1. The van der Waals surface area contributed by atoms with Crippen LogP contribution >= 0.6 is 11.3 Å². The number of nitrogens with one attached hydrogen (secondary N) is 1. The lowest BCUT2D eigenvalue weighted by Crippen LogP contribution is -2.41. The number of likely N-dealkylation sites (tertiary alicyclic amines) is 1. The van der Waals surface area contributed by atoms with Gasteiger partial charge in [-0.2, -0.15) is 0 Å². The summed E-state index contributed by atoms with van der Waals surface area (Å²) in [6, 6.07) is 9.00. The molecule has 0 unspecified atom stereocenters. The molecule has 1 atom stereocenters. The Morgan fingerprint density at radius 2 is 1.97 bits per heavy atom. The van der Waals surface area contributed by atoms with E-state index in [1.807, 2.05) is 6.07 Å². The minimum atomic E-state index is -0.381. The first-order chi connectivity index (χ1) is 15.0. The number of thiophene rings is 1. The molecule has 31 heavy (non-hydrogen) atoms. The van der Waals surface area contributed by atoms with Crippen LogP contribution in [0, 0.1) is 5.92 Å². The van der Waals surface area contributed by atoms with Crippen LogP contribution in [0.3, 0.4) is 0 Å². The van der Waals surface area contributed by atoms with Gasteiger partial charge in [0, 0.05) is 23.5 Å². The fourth-order valence-corrected chi connectivity index (χ4v) is 5.11. The number of carbonyl (C=O) groups excluding carboxylic acids is 3. The second-order valence-corrected chi connectivity index (χ2v) is 9.21. The van der Waals surface area contributed by atoms with Crippen molar-refractivity contribution in [3.8, 4) is 0 Å². The van der Waals surface area contributed by atoms with E-state index >= 15 is 0 Å². The number of hydrogen-bond donors (Lipinski definition) is 1. The summed E-state index contributed by atoms with van der Waals surface area (Å²) in [5, 5.41) is 5.11. The van der Waals surface area contributed by atoms with Crippen molar-refractivity contribution in [3.63, 3.8) is 0 Å². The highest BCUT2D eigenvalue weighted by molar-refractivity contribution is 7.10. The molecule has 2 aliphatic rings. The molecule has 0 saturated carbocycles. The molecule has 1 saturated heterocycles. The standard InChI is InChI=1S/C24H27N3O3S/c1-3-10-27-23(29)18-7-6-17(14-19(18)24(27)30)22(28)25-15-20(21-5-4-13-31-21)26-11-8-16(2)9-12-26/h3-7,13-14,16,20H,1,8-12,15H2,2H3,(H,25,28)/t20-/m0/s1. The van der Waals surface area contributed by atoms with E-state index in [0.29, 0.717) is 17.7 Å². The van der Waals surface area contributed by atoms with Crippen molar-refractivity contribution in [2.45, 2.75) is 25.8 Å². The lowest BCUT2D eigenvalue weighted by Gasteiger charge is -2.36. The largest absolute Gasteiger partial charge is 0.350 e. The Hall–Kier alpha value is -2.77. The SMILES string of the molecule is C=CCN1C(=O)c2ccc(C(=O)NC[C@@H](c3cccs3)N3CCC(C)CC3)cc2C1=O. The van der Waals surface area contributed by atoms with Crippen molar-refractivity contribution in [2.24, 2.45) is 5.92 Å². The molecule has 2 aliphatic heterocycles. The first kappa shape index (κ1) is 21.5. The van der Waals surface area contributed by atoms with Crippen molar-refractivity contribution >= 4 is 29.1 Å². The van der Waals surface area contributed by atoms with Gasteiger partial charge in [0.1, 0.15) is 0 Å². The molecule has 2 aromatic rings. The molecule has 1 fully saturated rings. The zero-order valence-electron chi connectivity index (χ0n) is 17.7. The van der Waals surface area contributed by atoms with Gasteiger partial charge in [-0.05, 0) is 61.5 Å². The third-order valence-corrected chi connectivity index (χ3v) is 7.10. The number of amides is 3. The molecule has 1 aromatic carbocycles. The molecule has 1 N–H and O–H groups in total. The Bertz CT molecular complexity index is 994. The van der Waals surface area contributed by atoms with Gasteiger partial charge in [0.25, 0.3) is 17.7 Å². The normalized spacial score (nSPS) is 18.2. The van der Waals surface area contributed by atoms with Gasteiger partial charge in [-0.25, -0.2) is 0 Å². The van der Waals surface area contributed by atoms with E-state index in [2.05, 4.69) is 35.2 Å². The minimum absolute atomic E-state index is 0.136. The average Bonchev–Trinajstić information content (AvgIpc) is 3.39. The number of hydrogen-bond acceptors (Lipinski definition) is 5. The van der Waals surface area contributed by atoms with Crippen molar-refractivity contribution in [1.29, 1.82) is 0 Å². The van der Waals surface area contributed by atoms with Crippen molar-refractivity contribution < 1.29 is 14.4 Å². The fourth-order valence-electron chi connectivity index (χ4n) is 4.25. The lowest BCUT2D eigenvalue weighted by molar-refractivity contribution is 0.0672. The lowest BCUT2D eigenvalue weighted by atomic mass is 9.97. The van der Waals surface area contributed by atoms with Crippen LogP contribution in [0.5, 0.6) is 0 Å². The van der Waals surface area contributed by atoms with Crippen molar-refractivity contribution in [1.82, 2.24) is 15.1 Å². The second kappa shape index (κ2) is 9.16. The highest BCUT2D eigenvalue weighted by Gasteiger charge is 2.35. The van der Waals surface area contributed by atoms with E-state index < -0.39 is 0 Å². The van der Waals surface area contributed by atoms with Gasteiger partial charge in [0.2, 0.25) is 0 Å². The quantitative estimate of drug-likeness (QED) is 0.529. The topological polar surface area (TPSA) is 69.7 Å². The van der Waals surface area contributed by atoms with Gasteiger partial charge < -0.3 is 5.32 Å². The molecule has 3 heterocycles. The monoisotopic (exact) mass is 437 g/mol. The Morgan fingerprint density at radius 1 is 1.23 bits per heavy atom. The zero-order valence-corrected chi connectivity index (χ0v) is 18.5. The van der Waals surface area contributed by atoms with Crippen LogP contribution < -0.4 is 5.32 Å². The van der Waals surface area contributed by atoms with Crippen molar-refractivity contribution in [3.05, 3.63) is 69.9 Å². The second-order valence-electron chi connectivity index (χ2n) is 8.23. The molecule has 0 bridgehead atoms. The maximum absolute atomic E-state index is 12.9. The molecule has 1 aromatic heterocycles. The summed E-state index contributed by atoms with van der Waals surface area (Å²) in [5.74, 6) is -0.225. The van der Waals surface area contributed by atoms with Crippen molar-refractivity contribution in [2.75, 3.05) is 26.2 Å². The van der Waals surface area contributed by atoms with E-state index in [1.54, 1.807) is 23.5 Å². The molecule has 4 rings (SSSR count). The van der Waals surface area contributed by atoms with E-state index in [0.717, 1.165) is 36.7 Å². The molecule has 3 amide bonds. The summed E-state index contributed by atoms with van der Waals surface area (Å²) < 4.78 is 0. The van der Waals surface area contributed by atoms with E-state index in [-0.39, 0.29) is 35.9 Å². The Kier molecular flexibility index (Phi) is 6.34. The first-order valence-corrected chi connectivity index (χ1v) is 11.5. The number of rotatable bonds is 7. The maximum Gasteiger partial charge on any atom is 0.261 e. The Labute approximate surface area is 186 Å². The molecule has 162 valence electrons. The fraction of sp³-hybridized carbons (Fsp3) is 0.375. The van der Waals surface area contributed by atoms with Gasteiger partial charge in [-0.15, -0.1) is 17.9 Å². The summed E-state index contributed by atoms with van der Waals surface area (Å²) in [5.41, 5.74) is 0.999. The van der Waals surface area contributed by atoms with Gasteiger partial charge >= 0.3 is 0 Å². The third kappa shape index (κ3) is 4.34. The van der Waals surface area contributed by atoms with E-state index in [1.165, 1.54) is 17.0 Å². The molecule has 0 aliphatic carbocycles. The molecule has 6 nitrogen and oxygen atoms in total. The Balaban J connectivity index is 1.47. The summed E-state index contributed by atoms with van der Waals surface area (Å²) in [6.45, 7) is 8.58. The molecule has 0 radical (unpaired) electrons. The zero-order chi connectivity index (χ0) is 22.0. The smallest absolute Gasteiger partial charge is 0.261 e. The van der Waals surface area contributed by atoms with Gasteiger partial charge in [-0.3, -0.25) is 24.2 Å². The highest BCUT2D eigenvalue weighted by Crippen LogP contribution is 2.29. The van der Waals surface area contributed by atoms with E-state index in [4.69, 9.17) is 0 Å². The first-order valence-electron chi connectivity index (χ1n) is 10.7. The summed E-state index contributed by atoms with van der Waals surface area (Å²) in [4.78, 5) is 42.6. The van der Waals surface area contributed by atoms with Crippen LogP contribution in [0.2, 0.25) is 0 Å². The minimum Gasteiger partial charge on any atom is -0.350 e. The predicted molar refractivity (Wildman–Crippen MR) is 121 cm³/mol. The molecular formula is C24H27N3O3S. The van der Waals surface area contributed by atoms with Crippen LogP contribution in [-0.4, -0.2) is 53.7 Å². The van der Waals surface area contributed by atoms with Gasteiger partial charge in [-0.1, -0.05) is 19.1 Å². The summed E-state index contributed by atoms with van der Waals surface area (Å²) in [7, 11) is 0. The summed E-state index contributed by atoms with van der Waals surface area (Å²) in [6.07, 6.45) is 3.84. The molecular weight excluding hydrogens is 410 g/mol. The number of benzene rings is 1.